The molecule has 0 bridgehead atoms. The molecule has 0 aromatic rings. The van der Waals surface area contributed by atoms with Gasteiger partial charge in [0.25, 0.3) is 0 Å². The second kappa shape index (κ2) is 6.58. The van der Waals surface area contributed by atoms with E-state index in [1.807, 2.05) is 26.8 Å². The number of allylic oxidation sites excluding steroid dienone is 1. The van der Waals surface area contributed by atoms with Crippen molar-refractivity contribution in [2.75, 3.05) is 13.1 Å². The number of amides is 1. The maximum atomic E-state index is 10.0. The Labute approximate surface area is 75.1 Å². The van der Waals surface area contributed by atoms with E-state index in [1.165, 1.54) is 0 Å². The highest BCUT2D eigenvalue weighted by Crippen LogP contribution is 1.95. The topological polar surface area (TPSA) is 41.5 Å². The number of carbonyl (C=O) groups is 1. The van der Waals surface area contributed by atoms with Gasteiger partial charge in [-0.2, -0.15) is 0 Å². The first-order valence-corrected chi connectivity index (χ1v) is 4.09. The smallest absolute Gasteiger partial charge is 0.207 e. The molecule has 0 aliphatic rings. The van der Waals surface area contributed by atoms with Crippen molar-refractivity contribution in [3.05, 3.63) is 11.6 Å². The van der Waals surface area contributed by atoms with Crippen LogP contribution in [0.15, 0.2) is 16.6 Å². The summed E-state index contributed by atoms with van der Waals surface area (Å²) in [6, 6.07) is 0. The van der Waals surface area contributed by atoms with Gasteiger partial charge in [0.1, 0.15) is 0 Å². The van der Waals surface area contributed by atoms with E-state index in [-0.39, 0.29) is 1.43 Å². The summed E-state index contributed by atoms with van der Waals surface area (Å²) >= 11 is 0. The lowest BCUT2D eigenvalue weighted by Gasteiger charge is -2.04. The molecule has 0 aromatic heterocycles. The zero-order valence-electron chi connectivity index (χ0n) is 7.92. The predicted molar refractivity (Wildman–Crippen MR) is 53.6 cm³/mol. The van der Waals surface area contributed by atoms with Crippen molar-refractivity contribution in [2.24, 2.45) is 4.99 Å². The first-order valence-electron chi connectivity index (χ1n) is 4.09. The van der Waals surface area contributed by atoms with E-state index < -0.39 is 0 Å². The molecule has 0 saturated carbocycles. The summed E-state index contributed by atoms with van der Waals surface area (Å²) in [7, 11) is 0. The molecule has 1 N–H and O–H groups in total. The van der Waals surface area contributed by atoms with Gasteiger partial charge in [0.15, 0.2) is 0 Å². The van der Waals surface area contributed by atoms with Gasteiger partial charge in [0.2, 0.25) is 6.41 Å². The van der Waals surface area contributed by atoms with Crippen LogP contribution in [0.5, 0.6) is 0 Å². The number of hydrogen-bond acceptors (Lipinski definition) is 2. The zero-order chi connectivity index (χ0) is 9.40. The highest BCUT2D eigenvalue weighted by molar-refractivity contribution is 6.01. The van der Waals surface area contributed by atoms with Crippen molar-refractivity contribution in [3.8, 4) is 0 Å². The molecular formula is C9H18N2O. The fraction of sp³-hybridized carbons (Fsp3) is 0.556. The fourth-order valence-electron chi connectivity index (χ4n) is 0.816. The Hall–Kier alpha value is -1.12. The molecule has 0 heterocycles. The van der Waals surface area contributed by atoms with Crippen LogP contribution in [0, 0.1) is 0 Å². The van der Waals surface area contributed by atoms with E-state index in [0.717, 1.165) is 17.8 Å². The molecule has 0 radical (unpaired) electrons. The van der Waals surface area contributed by atoms with E-state index in [4.69, 9.17) is 0 Å². The molecule has 1 amide bonds. The summed E-state index contributed by atoms with van der Waals surface area (Å²) in [6.45, 7) is 7.20. The Morgan fingerprint density at radius 2 is 2.33 bits per heavy atom. The number of rotatable bonds is 5. The highest BCUT2D eigenvalue weighted by Gasteiger charge is 1.98. The van der Waals surface area contributed by atoms with Crippen molar-refractivity contribution in [1.29, 1.82) is 0 Å². The van der Waals surface area contributed by atoms with E-state index >= 15 is 0 Å². The van der Waals surface area contributed by atoms with Gasteiger partial charge in [-0.3, -0.25) is 9.79 Å². The normalized spacial score (nSPS) is 12.9. The second-order valence-corrected chi connectivity index (χ2v) is 2.39. The third-order valence-corrected chi connectivity index (χ3v) is 1.59. The molecular weight excluding hydrogens is 152 g/mol. The van der Waals surface area contributed by atoms with Crippen LogP contribution in [-0.4, -0.2) is 25.2 Å². The maximum absolute atomic E-state index is 10.0. The summed E-state index contributed by atoms with van der Waals surface area (Å²) in [5.74, 6) is 0. The van der Waals surface area contributed by atoms with Crippen molar-refractivity contribution in [1.82, 2.24) is 5.32 Å². The third kappa shape index (κ3) is 3.91. The highest BCUT2D eigenvalue weighted by atomic mass is 16.1. The Morgan fingerprint density at radius 1 is 1.67 bits per heavy atom. The largest absolute Gasteiger partial charge is 0.353 e. The Bertz CT molecular complexity index is 200. The SMILES string of the molecule is C/C=C(/C)C(CNC=O)=NCC.[HH]. The molecule has 0 aromatic carbocycles. The Kier molecular flexibility index (Phi) is 5.97. The number of carbonyl (C=O) groups excluding carboxylic acids is 1. The summed E-state index contributed by atoms with van der Waals surface area (Å²) in [5.41, 5.74) is 2.07. The predicted octanol–water partition coefficient (Wildman–Crippen LogP) is 1.41. The fourth-order valence-corrected chi connectivity index (χ4v) is 0.816. The van der Waals surface area contributed by atoms with Crippen molar-refractivity contribution in [3.63, 3.8) is 0 Å². The van der Waals surface area contributed by atoms with Crippen LogP contribution in [0.3, 0.4) is 0 Å². The van der Waals surface area contributed by atoms with Gasteiger partial charge >= 0.3 is 0 Å². The van der Waals surface area contributed by atoms with Crippen LogP contribution in [0.4, 0.5) is 0 Å². The van der Waals surface area contributed by atoms with Crippen molar-refractivity contribution < 1.29 is 6.22 Å². The summed E-state index contributed by atoms with van der Waals surface area (Å²) in [6.07, 6.45) is 2.68. The minimum absolute atomic E-state index is 0. The molecule has 0 atom stereocenters. The van der Waals surface area contributed by atoms with Gasteiger partial charge in [-0.25, -0.2) is 0 Å². The molecule has 0 unspecified atom stereocenters. The lowest BCUT2D eigenvalue weighted by Crippen LogP contribution is -2.22. The van der Waals surface area contributed by atoms with Gasteiger partial charge < -0.3 is 5.32 Å². The lowest BCUT2D eigenvalue weighted by molar-refractivity contribution is -0.109. The molecule has 3 nitrogen and oxygen atoms in total. The van der Waals surface area contributed by atoms with E-state index in [2.05, 4.69) is 10.3 Å². The third-order valence-electron chi connectivity index (χ3n) is 1.59. The van der Waals surface area contributed by atoms with Crippen molar-refractivity contribution in [2.45, 2.75) is 20.8 Å². The first-order chi connectivity index (χ1) is 5.76. The van der Waals surface area contributed by atoms with Crippen LogP contribution in [0.25, 0.3) is 0 Å². The average molecular weight is 170 g/mol. The molecule has 0 aliphatic carbocycles. The maximum Gasteiger partial charge on any atom is 0.207 e. The summed E-state index contributed by atoms with van der Waals surface area (Å²) in [5, 5.41) is 2.60. The van der Waals surface area contributed by atoms with Gasteiger partial charge in [0.05, 0.1) is 12.3 Å². The number of nitrogens with one attached hydrogen (secondary N) is 1. The summed E-state index contributed by atoms with van der Waals surface area (Å²) < 4.78 is 0. The summed E-state index contributed by atoms with van der Waals surface area (Å²) in [4.78, 5) is 14.3. The van der Waals surface area contributed by atoms with Crippen LogP contribution >= 0.6 is 0 Å². The first kappa shape index (κ1) is 10.9. The number of aliphatic imine (C=N–C) groups is 1. The lowest BCUT2D eigenvalue weighted by atomic mass is 10.2. The molecule has 70 valence electrons. The van der Waals surface area contributed by atoms with Crippen LogP contribution in [-0.2, 0) is 4.79 Å². The minimum atomic E-state index is 0. The molecule has 0 rings (SSSR count). The molecule has 0 fully saturated rings. The van der Waals surface area contributed by atoms with Crippen LogP contribution in [0.2, 0.25) is 0 Å². The van der Waals surface area contributed by atoms with Crippen molar-refractivity contribution >= 4 is 12.1 Å². The molecule has 0 spiro atoms. The zero-order valence-corrected chi connectivity index (χ0v) is 7.92. The van der Waals surface area contributed by atoms with Gasteiger partial charge in [-0.05, 0) is 26.3 Å². The Morgan fingerprint density at radius 3 is 2.75 bits per heavy atom. The molecule has 0 aliphatic heterocycles. The van der Waals surface area contributed by atoms with E-state index in [9.17, 15) is 4.79 Å². The van der Waals surface area contributed by atoms with Gasteiger partial charge in [0, 0.05) is 7.97 Å². The van der Waals surface area contributed by atoms with Crippen LogP contribution in [0.1, 0.15) is 22.2 Å². The van der Waals surface area contributed by atoms with E-state index in [0.29, 0.717) is 13.0 Å². The van der Waals surface area contributed by atoms with Gasteiger partial charge in [-0.15, -0.1) is 0 Å². The van der Waals surface area contributed by atoms with Crippen LogP contribution < -0.4 is 5.32 Å². The monoisotopic (exact) mass is 170 g/mol. The van der Waals surface area contributed by atoms with E-state index in [1.54, 1.807) is 0 Å². The quantitative estimate of drug-likeness (QED) is 0.492. The number of hydrogen-bond donors (Lipinski definition) is 1. The minimum Gasteiger partial charge on any atom is -0.353 e. The number of nitrogens with zero attached hydrogens (tertiary/aromatic N) is 1. The second-order valence-electron chi connectivity index (χ2n) is 2.39. The standard InChI is InChI=1S/C9H16N2O.H2/c1-4-8(3)9(11-5-2)6-10-7-12;/h4,7H,5-6H2,1-3H3,(H,10,12);1H/b8-4-,11-9?;. The van der Waals surface area contributed by atoms with Gasteiger partial charge in [-0.1, -0.05) is 6.08 Å². The molecule has 12 heavy (non-hydrogen) atoms. The molecule has 0 saturated heterocycles. The average Bonchev–Trinajstić information content (AvgIpc) is 2.11. The Balaban J connectivity index is 0. The molecule has 3 heteroatoms.